The van der Waals surface area contributed by atoms with Crippen LogP contribution in [0.5, 0.6) is 0 Å². The van der Waals surface area contributed by atoms with Crippen molar-refractivity contribution in [3.8, 4) is 0 Å². The molecule has 0 fully saturated rings. The highest BCUT2D eigenvalue weighted by molar-refractivity contribution is 5.75. The molecular weight excluding hydrogens is 280 g/mol. The van der Waals surface area contributed by atoms with Gasteiger partial charge in [-0.2, -0.15) is 0 Å². The third kappa shape index (κ3) is 3.62. The number of nitrogens with zero attached hydrogens (tertiary/aromatic N) is 4. The van der Waals surface area contributed by atoms with E-state index in [0.29, 0.717) is 13.0 Å². The molecule has 6 nitrogen and oxygen atoms in total. The molecule has 2 aromatic heterocycles. The van der Waals surface area contributed by atoms with Crippen molar-refractivity contribution < 1.29 is 9.53 Å². The lowest BCUT2D eigenvalue weighted by Crippen LogP contribution is -2.21. The maximum atomic E-state index is 11.7. The molecule has 0 N–H and O–H groups in total. The van der Waals surface area contributed by atoms with Crippen molar-refractivity contribution in [1.82, 2.24) is 19.4 Å². The summed E-state index contributed by atoms with van der Waals surface area (Å²) < 4.78 is 7.39. The smallest absolute Gasteiger partial charge is 0.222 e. The molecule has 0 spiro atoms. The van der Waals surface area contributed by atoms with Gasteiger partial charge in [-0.1, -0.05) is 0 Å². The van der Waals surface area contributed by atoms with E-state index in [1.165, 1.54) is 0 Å². The first-order valence-corrected chi connectivity index (χ1v) is 7.55. The molecule has 0 aromatic carbocycles. The average molecular weight is 304 g/mol. The van der Waals surface area contributed by atoms with Crippen LogP contribution in [0.4, 0.5) is 0 Å². The molecule has 22 heavy (non-hydrogen) atoms. The number of amides is 1. The highest BCUT2D eigenvalue weighted by Gasteiger charge is 2.17. The quantitative estimate of drug-likeness (QED) is 0.785. The molecule has 2 aromatic rings. The number of pyridine rings is 1. The zero-order valence-corrected chi connectivity index (χ0v) is 13.7. The van der Waals surface area contributed by atoms with Crippen LogP contribution in [0.3, 0.4) is 0 Å². The summed E-state index contributed by atoms with van der Waals surface area (Å²) in [5.41, 5.74) is 1.76. The third-order valence-electron chi connectivity index (χ3n) is 3.66. The Morgan fingerprint density at radius 1 is 1.45 bits per heavy atom. The van der Waals surface area contributed by atoms with E-state index in [-0.39, 0.29) is 11.9 Å². The van der Waals surface area contributed by atoms with E-state index in [1.807, 2.05) is 12.1 Å². The average Bonchev–Trinajstić information content (AvgIpc) is 2.85. The van der Waals surface area contributed by atoms with E-state index in [1.54, 1.807) is 32.3 Å². The number of carbonyl (C=O) groups is 1. The second-order valence-electron chi connectivity index (χ2n) is 5.69. The van der Waals surface area contributed by atoms with Gasteiger partial charge in [0.05, 0.1) is 12.6 Å². The zero-order chi connectivity index (χ0) is 16.1. The van der Waals surface area contributed by atoms with Gasteiger partial charge in [0.1, 0.15) is 11.3 Å². The van der Waals surface area contributed by atoms with E-state index in [9.17, 15) is 4.79 Å². The Bertz CT molecular complexity index is 636. The van der Waals surface area contributed by atoms with E-state index in [0.717, 1.165) is 29.8 Å². The van der Waals surface area contributed by atoms with Gasteiger partial charge in [0.15, 0.2) is 5.65 Å². The number of rotatable bonds is 7. The summed E-state index contributed by atoms with van der Waals surface area (Å²) in [7, 11) is 5.25. The van der Waals surface area contributed by atoms with Gasteiger partial charge in [0.2, 0.25) is 5.91 Å². The van der Waals surface area contributed by atoms with Crippen LogP contribution in [0.15, 0.2) is 18.3 Å². The van der Waals surface area contributed by atoms with Crippen LogP contribution >= 0.6 is 0 Å². The molecule has 0 saturated heterocycles. The first-order chi connectivity index (χ1) is 10.5. The van der Waals surface area contributed by atoms with Gasteiger partial charge in [-0.15, -0.1) is 0 Å². The molecule has 0 saturated carbocycles. The van der Waals surface area contributed by atoms with Crippen LogP contribution < -0.4 is 0 Å². The highest BCUT2D eigenvalue weighted by atomic mass is 16.5. The molecule has 0 bridgehead atoms. The molecule has 0 radical (unpaired) electrons. The number of aryl methyl sites for hydroxylation is 1. The minimum Gasteiger partial charge on any atom is -0.383 e. The van der Waals surface area contributed by atoms with Gasteiger partial charge >= 0.3 is 0 Å². The lowest BCUT2D eigenvalue weighted by Gasteiger charge is -2.16. The summed E-state index contributed by atoms with van der Waals surface area (Å²) in [4.78, 5) is 22.4. The Hall–Kier alpha value is -1.95. The second kappa shape index (κ2) is 7.35. The number of hydrogen-bond donors (Lipinski definition) is 0. The standard InChI is InChI=1S/C16H24N4O2/c1-12(11-22-4)20-14(8-5-9-15(21)19(2)3)18-13-7-6-10-17-16(13)20/h6-7,10,12H,5,8-9,11H2,1-4H3/t12-/m1/s1. The molecule has 2 rings (SSSR count). The zero-order valence-electron chi connectivity index (χ0n) is 13.7. The van der Waals surface area contributed by atoms with Crippen LogP contribution in [0.1, 0.15) is 31.6 Å². The van der Waals surface area contributed by atoms with Crippen molar-refractivity contribution >= 4 is 17.1 Å². The number of fused-ring (bicyclic) bond motifs is 1. The van der Waals surface area contributed by atoms with Crippen molar-refractivity contribution in [2.24, 2.45) is 0 Å². The summed E-state index contributed by atoms with van der Waals surface area (Å²) in [6.07, 6.45) is 3.84. The molecular formula is C16H24N4O2. The van der Waals surface area contributed by atoms with Crippen LogP contribution in [0.2, 0.25) is 0 Å². The van der Waals surface area contributed by atoms with E-state index in [2.05, 4.69) is 21.5 Å². The Labute approximate surface area is 131 Å². The Morgan fingerprint density at radius 3 is 2.91 bits per heavy atom. The number of hydrogen-bond acceptors (Lipinski definition) is 4. The predicted octanol–water partition coefficient (Wildman–Crippen LogP) is 2.05. The van der Waals surface area contributed by atoms with Crippen LogP contribution in [-0.4, -0.2) is 53.2 Å². The summed E-state index contributed by atoms with van der Waals surface area (Å²) in [6, 6.07) is 4.01. The van der Waals surface area contributed by atoms with Gasteiger partial charge in [0, 0.05) is 40.2 Å². The van der Waals surface area contributed by atoms with Crippen molar-refractivity contribution in [1.29, 1.82) is 0 Å². The largest absolute Gasteiger partial charge is 0.383 e. The van der Waals surface area contributed by atoms with Crippen molar-refractivity contribution in [2.45, 2.75) is 32.2 Å². The molecule has 2 heterocycles. The minimum atomic E-state index is 0.144. The normalized spacial score (nSPS) is 12.5. The maximum Gasteiger partial charge on any atom is 0.222 e. The monoisotopic (exact) mass is 304 g/mol. The number of carbonyl (C=O) groups excluding carboxylic acids is 1. The predicted molar refractivity (Wildman–Crippen MR) is 85.7 cm³/mol. The summed E-state index contributed by atoms with van der Waals surface area (Å²) >= 11 is 0. The lowest BCUT2D eigenvalue weighted by molar-refractivity contribution is -0.128. The van der Waals surface area contributed by atoms with Crippen molar-refractivity contribution in [3.05, 3.63) is 24.2 Å². The third-order valence-corrected chi connectivity index (χ3v) is 3.66. The van der Waals surface area contributed by atoms with Gasteiger partial charge in [0.25, 0.3) is 0 Å². The summed E-state index contributed by atoms with van der Waals surface area (Å²) in [5.74, 6) is 1.11. The summed E-state index contributed by atoms with van der Waals surface area (Å²) in [6.45, 7) is 2.69. The first kappa shape index (κ1) is 16.4. The molecule has 1 amide bonds. The summed E-state index contributed by atoms with van der Waals surface area (Å²) in [5, 5.41) is 0. The van der Waals surface area contributed by atoms with Gasteiger partial charge in [-0.25, -0.2) is 9.97 Å². The Kier molecular flexibility index (Phi) is 5.49. The fourth-order valence-corrected chi connectivity index (χ4v) is 2.55. The lowest BCUT2D eigenvalue weighted by atomic mass is 10.2. The topological polar surface area (TPSA) is 60.2 Å². The maximum absolute atomic E-state index is 11.7. The SMILES string of the molecule is COC[C@@H](C)n1c(CCCC(=O)N(C)C)nc2cccnc21. The van der Waals surface area contributed by atoms with Crippen LogP contribution in [0.25, 0.3) is 11.2 Å². The van der Waals surface area contributed by atoms with Crippen molar-refractivity contribution in [3.63, 3.8) is 0 Å². The number of aromatic nitrogens is 3. The molecule has 1 atom stereocenters. The molecule has 0 unspecified atom stereocenters. The Balaban J connectivity index is 2.20. The minimum absolute atomic E-state index is 0.144. The van der Waals surface area contributed by atoms with E-state index in [4.69, 9.17) is 4.74 Å². The van der Waals surface area contributed by atoms with E-state index < -0.39 is 0 Å². The molecule has 120 valence electrons. The fraction of sp³-hybridized carbons (Fsp3) is 0.562. The number of ether oxygens (including phenoxy) is 1. The second-order valence-corrected chi connectivity index (χ2v) is 5.69. The Morgan fingerprint density at radius 2 is 2.23 bits per heavy atom. The molecule has 0 aliphatic heterocycles. The van der Waals surface area contributed by atoms with Gasteiger partial charge in [-0.3, -0.25) is 4.79 Å². The van der Waals surface area contributed by atoms with E-state index >= 15 is 0 Å². The van der Waals surface area contributed by atoms with Gasteiger partial charge in [-0.05, 0) is 25.5 Å². The molecule has 6 heteroatoms. The van der Waals surface area contributed by atoms with Crippen LogP contribution in [-0.2, 0) is 16.0 Å². The number of methoxy groups -OCH3 is 1. The van der Waals surface area contributed by atoms with Crippen molar-refractivity contribution in [2.75, 3.05) is 27.8 Å². The first-order valence-electron chi connectivity index (χ1n) is 7.55. The van der Waals surface area contributed by atoms with Crippen LogP contribution in [0, 0.1) is 0 Å². The number of imidazole rings is 1. The highest BCUT2D eigenvalue weighted by Crippen LogP contribution is 2.21. The molecule has 0 aliphatic carbocycles. The fourth-order valence-electron chi connectivity index (χ4n) is 2.55. The van der Waals surface area contributed by atoms with Gasteiger partial charge < -0.3 is 14.2 Å². The molecule has 0 aliphatic rings.